The first-order chi connectivity index (χ1) is 15.8. The zero-order valence-corrected chi connectivity index (χ0v) is 17.8. The van der Waals surface area contributed by atoms with Crippen molar-refractivity contribution in [3.63, 3.8) is 0 Å². The lowest BCUT2D eigenvalue weighted by Crippen LogP contribution is -2.48. The standard InChI is InChI=1S/C24H19N3O6/c1-15(26-23(29)19-9-6-10-20(27(31)32)21(19)24(26)30)22(28)25(2)16-11-13-18(14-12-16)33-17-7-4-3-5-8-17/h3-15H,1-2H3. The molecule has 1 aliphatic heterocycles. The minimum Gasteiger partial charge on any atom is -0.457 e. The van der Waals surface area contributed by atoms with Gasteiger partial charge in [0.25, 0.3) is 17.5 Å². The monoisotopic (exact) mass is 445 g/mol. The van der Waals surface area contributed by atoms with Crippen LogP contribution < -0.4 is 9.64 Å². The van der Waals surface area contributed by atoms with Crippen molar-refractivity contribution in [2.45, 2.75) is 13.0 Å². The smallest absolute Gasteiger partial charge is 0.282 e. The van der Waals surface area contributed by atoms with Gasteiger partial charge < -0.3 is 9.64 Å². The Morgan fingerprint density at radius 2 is 1.58 bits per heavy atom. The van der Waals surface area contributed by atoms with Crippen molar-refractivity contribution in [3.8, 4) is 11.5 Å². The van der Waals surface area contributed by atoms with E-state index in [4.69, 9.17) is 4.74 Å². The minimum absolute atomic E-state index is 0.0843. The molecule has 3 aromatic carbocycles. The highest BCUT2D eigenvalue weighted by atomic mass is 16.6. The molecule has 0 aromatic heterocycles. The number of para-hydroxylation sites is 1. The Balaban J connectivity index is 1.52. The third kappa shape index (κ3) is 3.91. The largest absolute Gasteiger partial charge is 0.457 e. The SMILES string of the molecule is CC(C(=O)N(C)c1ccc(Oc2ccccc2)cc1)N1C(=O)c2cccc([N+](=O)[O-])c2C1=O. The summed E-state index contributed by atoms with van der Waals surface area (Å²) < 4.78 is 5.74. The first-order valence-corrected chi connectivity index (χ1v) is 10.1. The molecule has 0 spiro atoms. The number of fused-ring (bicyclic) bond motifs is 1. The van der Waals surface area contributed by atoms with Crippen molar-refractivity contribution >= 4 is 29.1 Å². The van der Waals surface area contributed by atoms with Crippen molar-refractivity contribution in [2.24, 2.45) is 0 Å². The molecule has 1 unspecified atom stereocenters. The number of benzene rings is 3. The molecule has 4 rings (SSSR count). The van der Waals surface area contributed by atoms with Crippen LogP contribution in [0.3, 0.4) is 0 Å². The van der Waals surface area contributed by atoms with Gasteiger partial charge in [-0.1, -0.05) is 24.3 Å². The lowest BCUT2D eigenvalue weighted by Gasteiger charge is -2.26. The van der Waals surface area contributed by atoms with Gasteiger partial charge in [0.1, 0.15) is 23.1 Å². The number of nitro groups is 1. The van der Waals surface area contributed by atoms with E-state index >= 15 is 0 Å². The van der Waals surface area contributed by atoms with E-state index in [0.29, 0.717) is 17.2 Å². The first-order valence-electron chi connectivity index (χ1n) is 10.1. The number of imide groups is 1. The molecule has 3 amide bonds. The molecule has 1 atom stereocenters. The van der Waals surface area contributed by atoms with Gasteiger partial charge in [-0.3, -0.25) is 29.4 Å². The zero-order chi connectivity index (χ0) is 23.7. The quantitative estimate of drug-likeness (QED) is 0.322. The molecule has 33 heavy (non-hydrogen) atoms. The van der Waals surface area contributed by atoms with E-state index < -0.39 is 34.4 Å². The highest BCUT2D eigenvalue weighted by Crippen LogP contribution is 2.32. The molecule has 1 aliphatic rings. The van der Waals surface area contributed by atoms with Crippen LogP contribution in [0.2, 0.25) is 0 Å². The Bertz CT molecular complexity index is 1260. The Kier molecular flexibility index (Phi) is 5.61. The van der Waals surface area contributed by atoms with Crippen LogP contribution in [0.25, 0.3) is 0 Å². The fraction of sp³-hybridized carbons (Fsp3) is 0.125. The molecule has 0 N–H and O–H groups in total. The number of carbonyl (C=O) groups excluding carboxylic acids is 3. The fourth-order valence-corrected chi connectivity index (χ4v) is 3.67. The van der Waals surface area contributed by atoms with Crippen LogP contribution >= 0.6 is 0 Å². The van der Waals surface area contributed by atoms with Gasteiger partial charge in [0.2, 0.25) is 5.91 Å². The summed E-state index contributed by atoms with van der Waals surface area (Å²) in [7, 11) is 1.52. The van der Waals surface area contributed by atoms with Crippen molar-refractivity contribution in [1.82, 2.24) is 4.90 Å². The second-order valence-electron chi connectivity index (χ2n) is 7.42. The normalized spacial score (nSPS) is 13.5. The summed E-state index contributed by atoms with van der Waals surface area (Å²) in [5, 5.41) is 11.3. The molecule has 0 fully saturated rings. The molecule has 9 nitrogen and oxygen atoms in total. The van der Waals surface area contributed by atoms with Crippen molar-refractivity contribution in [2.75, 3.05) is 11.9 Å². The molecule has 0 saturated heterocycles. The molecular formula is C24H19N3O6. The number of likely N-dealkylation sites (N-methyl/N-ethyl adjacent to an activating group) is 1. The molecule has 1 heterocycles. The number of ether oxygens (including phenoxy) is 1. The Hall–Kier alpha value is -4.53. The maximum Gasteiger partial charge on any atom is 0.282 e. The van der Waals surface area contributed by atoms with Gasteiger partial charge in [0.15, 0.2) is 0 Å². The van der Waals surface area contributed by atoms with Gasteiger partial charge in [-0.05, 0) is 49.4 Å². The molecule has 0 aliphatic carbocycles. The maximum absolute atomic E-state index is 13.1. The Morgan fingerprint density at radius 3 is 2.21 bits per heavy atom. The predicted molar refractivity (Wildman–Crippen MR) is 119 cm³/mol. The van der Waals surface area contributed by atoms with Crippen LogP contribution in [0.1, 0.15) is 27.6 Å². The van der Waals surface area contributed by atoms with Gasteiger partial charge in [-0.15, -0.1) is 0 Å². The minimum atomic E-state index is -1.16. The van der Waals surface area contributed by atoms with Crippen LogP contribution in [0.15, 0.2) is 72.8 Å². The van der Waals surface area contributed by atoms with Gasteiger partial charge >= 0.3 is 0 Å². The predicted octanol–water partition coefficient (Wildman–Crippen LogP) is 4.03. The molecule has 0 radical (unpaired) electrons. The van der Waals surface area contributed by atoms with Gasteiger partial charge in [0, 0.05) is 18.8 Å². The number of rotatable bonds is 6. The van der Waals surface area contributed by atoms with E-state index in [1.165, 1.54) is 31.0 Å². The second-order valence-corrected chi connectivity index (χ2v) is 7.42. The summed E-state index contributed by atoms with van der Waals surface area (Å²) in [6.07, 6.45) is 0. The van der Waals surface area contributed by atoms with Crippen LogP contribution in [-0.4, -0.2) is 40.6 Å². The zero-order valence-electron chi connectivity index (χ0n) is 17.8. The molecule has 0 saturated carbocycles. The third-order valence-electron chi connectivity index (χ3n) is 5.40. The Labute approximate surface area is 189 Å². The van der Waals surface area contributed by atoms with E-state index in [9.17, 15) is 24.5 Å². The van der Waals surface area contributed by atoms with Crippen LogP contribution in [-0.2, 0) is 4.79 Å². The molecule has 0 bridgehead atoms. The number of nitrogens with zero attached hydrogens (tertiary/aromatic N) is 3. The van der Waals surface area contributed by atoms with E-state index in [1.54, 1.807) is 24.3 Å². The highest BCUT2D eigenvalue weighted by molar-refractivity contribution is 6.25. The summed E-state index contributed by atoms with van der Waals surface area (Å²) in [6.45, 7) is 1.42. The van der Waals surface area contributed by atoms with E-state index in [2.05, 4.69) is 0 Å². The van der Waals surface area contributed by atoms with Gasteiger partial charge in [0.05, 0.1) is 10.5 Å². The molecule has 166 valence electrons. The maximum atomic E-state index is 13.1. The van der Waals surface area contributed by atoms with E-state index in [0.717, 1.165) is 11.0 Å². The average Bonchev–Trinajstić information content (AvgIpc) is 3.08. The van der Waals surface area contributed by atoms with Crippen molar-refractivity contribution in [3.05, 3.63) is 94.0 Å². The van der Waals surface area contributed by atoms with E-state index in [1.807, 2.05) is 30.3 Å². The van der Waals surface area contributed by atoms with Crippen LogP contribution in [0.4, 0.5) is 11.4 Å². The summed E-state index contributed by atoms with van der Waals surface area (Å²) in [5.41, 5.74) is -0.318. The number of hydrogen-bond acceptors (Lipinski definition) is 6. The Morgan fingerprint density at radius 1 is 0.939 bits per heavy atom. The number of carbonyl (C=O) groups is 3. The van der Waals surface area contributed by atoms with Crippen molar-refractivity contribution < 1.29 is 24.0 Å². The highest BCUT2D eigenvalue weighted by Gasteiger charge is 2.45. The van der Waals surface area contributed by atoms with Crippen LogP contribution in [0.5, 0.6) is 11.5 Å². The summed E-state index contributed by atoms with van der Waals surface area (Å²) in [5.74, 6) is -0.874. The molecule has 3 aromatic rings. The molecular weight excluding hydrogens is 426 g/mol. The van der Waals surface area contributed by atoms with E-state index in [-0.39, 0.29) is 11.1 Å². The average molecular weight is 445 g/mol. The first kappa shape index (κ1) is 21.7. The van der Waals surface area contributed by atoms with Crippen molar-refractivity contribution in [1.29, 1.82) is 0 Å². The summed E-state index contributed by atoms with van der Waals surface area (Å²) >= 11 is 0. The second kappa shape index (κ2) is 8.54. The topological polar surface area (TPSA) is 110 Å². The third-order valence-corrected chi connectivity index (χ3v) is 5.40. The number of amides is 3. The number of anilines is 1. The number of nitro benzene ring substituents is 1. The number of hydrogen-bond donors (Lipinski definition) is 0. The fourth-order valence-electron chi connectivity index (χ4n) is 3.67. The van der Waals surface area contributed by atoms with Gasteiger partial charge in [-0.2, -0.15) is 0 Å². The lowest BCUT2D eigenvalue weighted by atomic mass is 10.1. The summed E-state index contributed by atoms with van der Waals surface area (Å²) in [6, 6.07) is 18.6. The molecule has 9 heteroatoms. The van der Waals surface area contributed by atoms with Gasteiger partial charge in [-0.25, -0.2) is 0 Å². The lowest BCUT2D eigenvalue weighted by molar-refractivity contribution is -0.385. The van der Waals surface area contributed by atoms with Crippen LogP contribution in [0, 0.1) is 10.1 Å². The summed E-state index contributed by atoms with van der Waals surface area (Å²) in [4.78, 5) is 51.4.